The molecule has 0 aromatic heterocycles. The Morgan fingerprint density at radius 1 is 1.16 bits per heavy atom. The van der Waals surface area contributed by atoms with Crippen molar-refractivity contribution in [1.29, 1.82) is 0 Å². The molecule has 3 rings (SSSR count). The third-order valence-electron chi connectivity index (χ3n) is 4.57. The molecule has 0 radical (unpaired) electrons. The van der Waals surface area contributed by atoms with Gasteiger partial charge in [-0.2, -0.15) is 0 Å². The highest BCUT2D eigenvalue weighted by Gasteiger charge is 2.24. The molecule has 5 nitrogen and oxygen atoms in total. The van der Waals surface area contributed by atoms with Gasteiger partial charge in [0.25, 0.3) is 5.91 Å². The van der Waals surface area contributed by atoms with Crippen molar-refractivity contribution >= 4 is 17.3 Å². The molecule has 1 fully saturated rings. The lowest BCUT2D eigenvalue weighted by Gasteiger charge is -2.28. The third-order valence-corrected chi connectivity index (χ3v) is 4.57. The average Bonchev–Trinajstić information content (AvgIpc) is 2.60. The van der Waals surface area contributed by atoms with Crippen LogP contribution in [0.5, 0.6) is 5.75 Å². The van der Waals surface area contributed by atoms with Crippen molar-refractivity contribution in [3.8, 4) is 5.75 Å². The number of hydrogen-bond acceptors (Lipinski definition) is 4. The van der Waals surface area contributed by atoms with Crippen LogP contribution in [-0.4, -0.2) is 23.2 Å². The van der Waals surface area contributed by atoms with Crippen molar-refractivity contribution in [2.75, 3.05) is 11.1 Å². The lowest BCUT2D eigenvalue weighted by atomic mass is 9.95. The van der Waals surface area contributed by atoms with Crippen LogP contribution in [0, 0.1) is 6.92 Å². The van der Waals surface area contributed by atoms with Gasteiger partial charge in [0.2, 0.25) is 0 Å². The Kier molecular flexibility index (Phi) is 5.24. The van der Waals surface area contributed by atoms with Crippen molar-refractivity contribution in [2.24, 2.45) is 0 Å². The van der Waals surface area contributed by atoms with E-state index in [1.807, 2.05) is 25.1 Å². The Bertz CT molecular complexity index is 743. The normalized spacial score (nSPS) is 20.1. The number of carbonyl (C=O) groups excluding carboxylic acids is 1. The zero-order valence-electron chi connectivity index (χ0n) is 14.4. The van der Waals surface area contributed by atoms with Gasteiger partial charge in [0, 0.05) is 16.9 Å². The van der Waals surface area contributed by atoms with E-state index in [2.05, 4.69) is 5.32 Å². The van der Waals surface area contributed by atoms with Crippen LogP contribution in [0.25, 0.3) is 0 Å². The zero-order chi connectivity index (χ0) is 17.8. The number of nitrogen functional groups attached to an aromatic ring is 1. The maximum atomic E-state index is 12.4. The van der Waals surface area contributed by atoms with Gasteiger partial charge >= 0.3 is 0 Å². The molecule has 0 heterocycles. The van der Waals surface area contributed by atoms with Gasteiger partial charge in [-0.1, -0.05) is 12.5 Å². The van der Waals surface area contributed by atoms with E-state index in [0.29, 0.717) is 22.7 Å². The van der Waals surface area contributed by atoms with Crippen LogP contribution in [-0.2, 0) is 0 Å². The zero-order valence-corrected chi connectivity index (χ0v) is 14.4. The number of ether oxygens (including phenoxy) is 1. The quantitative estimate of drug-likeness (QED) is 0.744. The van der Waals surface area contributed by atoms with Gasteiger partial charge in [0.05, 0.1) is 6.10 Å². The van der Waals surface area contributed by atoms with Crippen LogP contribution in [0.3, 0.4) is 0 Å². The second-order valence-corrected chi connectivity index (χ2v) is 6.56. The summed E-state index contributed by atoms with van der Waals surface area (Å²) in [5, 5.41) is 12.9. The summed E-state index contributed by atoms with van der Waals surface area (Å²) in [4.78, 5) is 12.4. The minimum absolute atomic E-state index is 0.149. The number of hydrogen-bond donors (Lipinski definition) is 3. The maximum absolute atomic E-state index is 12.4. The van der Waals surface area contributed by atoms with Crippen LogP contribution in [0.4, 0.5) is 11.4 Å². The molecule has 2 aromatic rings. The molecule has 1 saturated carbocycles. The molecule has 0 aliphatic heterocycles. The Morgan fingerprint density at radius 3 is 2.60 bits per heavy atom. The molecule has 4 N–H and O–H groups in total. The first kappa shape index (κ1) is 17.3. The van der Waals surface area contributed by atoms with E-state index >= 15 is 0 Å². The molecule has 1 amide bonds. The molecular weight excluding hydrogens is 316 g/mol. The number of aliphatic hydroxyl groups is 1. The number of anilines is 2. The third kappa shape index (κ3) is 4.31. The molecule has 2 unspecified atom stereocenters. The first-order valence-corrected chi connectivity index (χ1v) is 8.65. The molecule has 0 bridgehead atoms. The minimum atomic E-state index is -0.403. The van der Waals surface area contributed by atoms with Gasteiger partial charge in [0.1, 0.15) is 11.9 Å². The minimum Gasteiger partial charge on any atom is -0.488 e. The molecule has 5 heteroatoms. The van der Waals surface area contributed by atoms with Crippen molar-refractivity contribution in [1.82, 2.24) is 0 Å². The number of nitrogens with one attached hydrogen (secondary N) is 1. The summed E-state index contributed by atoms with van der Waals surface area (Å²) in [7, 11) is 0. The standard InChI is InChI=1S/C20H24N2O3/c1-13-6-7-14(21)12-17(13)20(24)22-15-8-10-16(11-9-15)25-19-5-3-2-4-18(19)23/h6-12,18-19,23H,2-5,21H2,1H3,(H,22,24). The Balaban J connectivity index is 1.64. The van der Waals surface area contributed by atoms with E-state index in [-0.39, 0.29) is 12.0 Å². The van der Waals surface area contributed by atoms with Crippen molar-refractivity contribution in [3.05, 3.63) is 53.6 Å². The number of amides is 1. The Hall–Kier alpha value is -2.53. The lowest BCUT2D eigenvalue weighted by Crippen LogP contribution is -2.34. The van der Waals surface area contributed by atoms with Crippen molar-refractivity contribution in [2.45, 2.75) is 44.8 Å². The number of rotatable bonds is 4. The maximum Gasteiger partial charge on any atom is 0.256 e. The fourth-order valence-electron chi connectivity index (χ4n) is 3.09. The van der Waals surface area contributed by atoms with Gasteiger partial charge < -0.3 is 20.9 Å². The summed E-state index contributed by atoms with van der Waals surface area (Å²) in [6.07, 6.45) is 3.24. The second-order valence-electron chi connectivity index (χ2n) is 6.56. The van der Waals surface area contributed by atoms with Gasteiger partial charge in [-0.15, -0.1) is 0 Å². The lowest BCUT2D eigenvalue weighted by molar-refractivity contribution is 0.00688. The molecule has 1 aliphatic carbocycles. The highest BCUT2D eigenvalue weighted by atomic mass is 16.5. The van der Waals surface area contributed by atoms with E-state index in [4.69, 9.17) is 10.5 Å². The average molecular weight is 340 g/mol. The SMILES string of the molecule is Cc1ccc(N)cc1C(=O)Nc1ccc(OC2CCCCC2O)cc1. The van der Waals surface area contributed by atoms with Gasteiger partial charge in [0.15, 0.2) is 0 Å². The van der Waals surface area contributed by atoms with E-state index in [0.717, 1.165) is 31.2 Å². The fraction of sp³-hybridized carbons (Fsp3) is 0.350. The molecule has 0 spiro atoms. The van der Waals surface area contributed by atoms with Crippen LogP contribution < -0.4 is 15.8 Å². The van der Waals surface area contributed by atoms with Crippen LogP contribution in [0.1, 0.15) is 41.6 Å². The van der Waals surface area contributed by atoms with Gasteiger partial charge in [-0.25, -0.2) is 0 Å². The Labute approximate surface area is 147 Å². The van der Waals surface area contributed by atoms with E-state index in [9.17, 15) is 9.90 Å². The van der Waals surface area contributed by atoms with Gasteiger partial charge in [-0.3, -0.25) is 4.79 Å². The van der Waals surface area contributed by atoms with Crippen LogP contribution >= 0.6 is 0 Å². The highest BCUT2D eigenvalue weighted by Crippen LogP contribution is 2.25. The highest BCUT2D eigenvalue weighted by molar-refractivity contribution is 6.05. The largest absolute Gasteiger partial charge is 0.488 e. The molecule has 0 saturated heterocycles. The van der Waals surface area contributed by atoms with Crippen LogP contribution in [0.2, 0.25) is 0 Å². The number of nitrogens with two attached hydrogens (primary N) is 1. The summed E-state index contributed by atoms with van der Waals surface area (Å²) < 4.78 is 5.87. The molecule has 132 valence electrons. The summed E-state index contributed by atoms with van der Waals surface area (Å²) >= 11 is 0. The second kappa shape index (κ2) is 7.57. The van der Waals surface area contributed by atoms with E-state index in [1.54, 1.807) is 24.3 Å². The number of aliphatic hydroxyl groups excluding tert-OH is 1. The Morgan fingerprint density at radius 2 is 1.88 bits per heavy atom. The predicted octanol–water partition coefficient (Wildman–Crippen LogP) is 3.51. The summed E-state index contributed by atoms with van der Waals surface area (Å²) in [5.41, 5.74) is 8.44. The van der Waals surface area contributed by atoms with E-state index < -0.39 is 6.10 Å². The summed E-state index contributed by atoms with van der Waals surface area (Å²) in [6, 6.07) is 12.5. The van der Waals surface area contributed by atoms with E-state index in [1.165, 1.54) is 0 Å². The smallest absolute Gasteiger partial charge is 0.256 e. The molecule has 1 aliphatic rings. The fourth-order valence-corrected chi connectivity index (χ4v) is 3.09. The first-order valence-electron chi connectivity index (χ1n) is 8.65. The van der Waals surface area contributed by atoms with Crippen molar-refractivity contribution < 1.29 is 14.6 Å². The summed E-state index contributed by atoms with van der Waals surface area (Å²) in [6.45, 7) is 1.88. The molecule has 2 atom stereocenters. The topological polar surface area (TPSA) is 84.6 Å². The predicted molar refractivity (Wildman–Crippen MR) is 98.9 cm³/mol. The first-order chi connectivity index (χ1) is 12.0. The van der Waals surface area contributed by atoms with Gasteiger partial charge in [-0.05, 0) is 68.1 Å². The number of aryl methyl sites for hydroxylation is 1. The number of benzene rings is 2. The number of carbonyl (C=O) groups is 1. The molecular formula is C20H24N2O3. The molecule has 2 aromatic carbocycles. The van der Waals surface area contributed by atoms with Crippen molar-refractivity contribution in [3.63, 3.8) is 0 Å². The molecule has 25 heavy (non-hydrogen) atoms. The summed E-state index contributed by atoms with van der Waals surface area (Å²) in [5.74, 6) is 0.505. The van der Waals surface area contributed by atoms with Crippen LogP contribution in [0.15, 0.2) is 42.5 Å². The monoisotopic (exact) mass is 340 g/mol.